The van der Waals surface area contributed by atoms with E-state index in [1.54, 1.807) is 6.08 Å². The van der Waals surface area contributed by atoms with Gasteiger partial charge in [-0.1, -0.05) is 13.0 Å². The number of aldehydes is 1. The molecule has 2 nitrogen and oxygen atoms in total. The second-order valence-electron chi connectivity index (χ2n) is 2.68. The molecule has 0 N–H and O–H groups in total. The van der Waals surface area contributed by atoms with E-state index < -0.39 is 0 Å². The molecule has 1 rings (SSSR count). The molecule has 0 spiro atoms. The van der Waals surface area contributed by atoms with Gasteiger partial charge in [-0.05, 0) is 12.3 Å². The molecule has 0 bridgehead atoms. The van der Waals surface area contributed by atoms with Crippen molar-refractivity contribution >= 4 is 12.1 Å². The molecule has 0 saturated heterocycles. The fourth-order valence-corrected chi connectivity index (χ4v) is 1.09. The van der Waals surface area contributed by atoms with Crippen LogP contribution in [-0.4, -0.2) is 12.1 Å². The minimum Gasteiger partial charge on any atom is -0.298 e. The summed E-state index contributed by atoms with van der Waals surface area (Å²) in [6.45, 7) is 2.01. The van der Waals surface area contributed by atoms with Crippen molar-refractivity contribution in [2.75, 3.05) is 0 Å². The van der Waals surface area contributed by atoms with E-state index in [9.17, 15) is 9.59 Å². The molecule has 0 aromatic rings. The van der Waals surface area contributed by atoms with Crippen LogP contribution in [0.4, 0.5) is 0 Å². The van der Waals surface area contributed by atoms with Crippen LogP contribution in [0.2, 0.25) is 0 Å². The fourth-order valence-electron chi connectivity index (χ4n) is 1.09. The molecule has 1 aliphatic carbocycles. The maximum absolute atomic E-state index is 10.9. The highest BCUT2D eigenvalue weighted by molar-refractivity contribution is 6.12. The van der Waals surface area contributed by atoms with Gasteiger partial charge in [-0.15, -0.1) is 0 Å². The molecule has 0 fully saturated rings. The molecule has 10 heavy (non-hydrogen) atoms. The van der Waals surface area contributed by atoms with E-state index in [2.05, 4.69) is 0 Å². The van der Waals surface area contributed by atoms with Gasteiger partial charge in [0.1, 0.15) is 0 Å². The van der Waals surface area contributed by atoms with E-state index in [4.69, 9.17) is 0 Å². The molecular weight excluding hydrogens is 128 g/mol. The third-order valence-corrected chi connectivity index (χ3v) is 1.74. The summed E-state index contributed by atoms with van der Waals surface area (Å²) in [5.41, 5.74) is 0.360. The Morgan fingerprint density at radius 1 is 1.70 bits per heavy atom. The van der Waals surface area contributed by atoms with Crippen molar-refractivity contribution in [1.82, 2.24) is 0 Å². The molecule has 1 aliphatic rings. The van der Waals surface area contributed by atoms with Gasteiger partial charge >= 0.3 is 0 Å². The SMILES string of the molecule is CC1C=C(C=O)C(=O)CC1. The van der Waals surface area contributed by atoms with Crippen LogP contribution >= 0.6 is 0 Å². The number of rotatable bonds is 1. The van der Waals surface area contributed by atoms with Gasteiger partial charge in [0.25, 0.3) is 0 Å². The highest BCUT2D eigenvalue weighted by Gasteiger charge is 2.16. The van der Waals surface area contributed by atoms with Gasteiger partial charge < -0.3 is 0 Å². The molecule has 0 radical (unpaired) electrons. The van der Waals surface area contributed by atoms with Gasteiger partial charge in [0.2, 0.25) is 0 Å². The Bertz CT molecular complexity index is 191. The third-order valence-electron chi connectivity index (χ3n) is 1.74. The predicted molar refractivity (Wildman–Crippen MR) is 37.6 cm³/mol. The Morgan fingerprint density at radius 2 is 2.40 bits per heavy atom. The van der Waals surface area contributed by atoms with Gasteiger partial charge in [0, 0.05) is 6.42 Å². The summed E-state index contributed by atoms with van der Waals surface area (Å²) in [5.74, 6) is 0.381. The average Bonchev–Trinajstić information content (AvgIpc) is 1.94. The monoisotopic (exact) mass is 138 g/mol. The first-order chi connectivity index (χ1) is 4.74. The molecule has 0 heterocycles. The average molecular weight is 138 g/mol. The van der Waals surface area contributed by atoms with Gasteiger partial charge in [0.05, 0.1) is 5.57 Å². The largest absolute Gasteiger partial charge is 0.298 e. The normalized spacial score (nSPS) is 25.9. The molecule has 2 heteroatoms. The van der Waals surface area contributed by atoms with Crippen molar-refractivity contribution in [3.63, 3.8) is 0 Å². The van der Waals surface area contributed by atoms with Crippen LogP contribution in [0.1, 0.15) is 19.8 Å². The first-order valence-corrected chi connectivity index (χ1v) is 3.44. The number of carbonyl (C=O) groups excluding carboxylic acids is 2. The first kappa shape index (κ1) is 7.19. The zero-order valence-corrected chi connectivity index (χ0v) is 5.96. The molecule has 0 saturated carbocycles. The van der Waals surface area contributed by atoms with Gasteiger partial charge in [-0.2, -0.15) is 0 Å². The van der Waals surface area contributed by atoms with Gasteiger partial charge in [-0.3, -0.25) is 9.59 Å². The number of allylic oxidation sites excluding steroid dienone is 2. The van der Waals surface area contributed by atoms with E-state index >= 15 is 0 Å². The molecule has 0 amide bonds. The van der Waals surface area contributed by atoms with Crippen LogP contribution in [0.25, 0.3) is 0 Å². The summed E-state index contributed by atoms with van der Waals surface area (Å²) in [4.78, 5) is 21.1. The Kier molecular flexibility index (Phi) is 2.00. The zero-order valence-electron chi connectivity index (χ0n) is 5.96. The van der Waals surface area contributed by atoms with E-state index in [1.165, 1.54) is 0 Å². The van der Waals surface area contributed by atoms with Crippen LogP contribution in [0.15, 0.2) is 11.6 Å². The van der Waals surface area contributed by atoms with Crippen LogP contribution < -0.4 is 0 Å². The van der Waals surface area contributed by atoms with Crippen molar-refractivity contribution < 1.29 is 9.59 Å². The molecule has 1 atom stereocenters. The number of hydrogen-bond donors (Lipinski definition) is 0. The van der Waals surface area contributed by atoms with Gasteiger partial charge in [-0.25, -0.2) is 0 Å². The van der Waals surface area contributed by atoms with Gasteiger partial charge in [0.15, 0.2) is 12.1 Å². The highest BCUT2D eigenvalue weighted by Crippen LogP contribution is 2.17. The summed E-state index contributed by atoms with van der Waals surface area (Å²) in [5, 5.41) is 0. The summed E-state index contributed by atoms with van der Waals surface area (Å²) in [6.07, 6.45) is 3.82. The summed E-state index contributed by atoms with van der Waals surface area (Å²) in [7, 11) is 0. The number of Topliss-reactive ketones (excluding diaryl/α,β-unsaturated/α-hetero) is 1. The van der Waals surface area contributed by atoms with Crippen LogP contribution in [-0.2, 0) is 9.59 Å². The molecule has 0 aliphatic heterocycles. The molecule has 54 valence electrons. The Labute approximate surface area is 59.9 Å². The van der Waals surface area contributed by atoms with Crippen molar-refractivity contribution in [3.05, 3.63) is 11.6 Å². The third kappa shape index (κ3) is 1.32. The summed E-state index contributed by atoms with van der Waals surface area (Å²) < 4.78 is 0. The van der Waals surface area contributed by atoms with E-state index in [0.717, 1.165) is 6.42 Å². The van der Waals surface area contributed by atoms with Crippen molar-refractivity contribution in [3.8, 4) is 0 Å². The number of carbonyl (C=O) groups is 2. The van der Waals surface area contributed by atoms with Crippen molar-refractivity contribution in [2.24, 2.45) is 5.92 Å². The smallest absolute Gasteiger partial charge is 0.165 e. The second-order valence-corrected chi connectivity index (χ2v) is 2.68. The summed E-state index contributed by atoms with van der Waals surface area (Å²) in [6, 6.07) is 0. The molecule has 1 unspecified atom stereocenters. The molecular formula is C8H10O2. The fraction of sp³-hybridized carbons (Fsp3) is 0.500. The van der Waals surface area contributed by atoms with Crippen molar-refractivity contribution in [1.29, 1.82) is 0 Å². The maximum atomic E-state index is 10.9. The lowest BCUT2D eigenvalue weighted by Gasteiger charge is -2.11. The lowest BCUT2D eigenvalue weighted by molar-refractivity contribution is -0.118. The Morgan fingerprint density at radius 3 is 2.90 bits per heavy atom. The Hall–Kier alpha value is -0.920. The Balaban J connectivity index is 2.81. The topological polar surface area (TPSA) is 34.1 Å². The second kappa shape index (κ2) is 2.78. The van der Waals surface area contributed by atoms with E-state index in [1.807, 2.05) is 6.92 Å². The zero-order chi connectivity index (χ0) is 7.56. The highest BCUT2D eigenvalue weighted by atomic mass is 16.1. The predicted octanol–water partition coefficient (Wildman–Crippen LogP) is 1.11. The lowest BCUT2D eigenvalue weighted by Crippen LogP contribution is -2.12. The van der Waals surface area contributed by atoms with Crippen LogP contribution in [0, 0.1) is 5.92 Å². The summed E-state index contributed by atoms with van der Waals surface area (Å²) >= 11 is 0. The van der Waals surface area contributed by atoms with Crippen molar-refractivity contribution in [2.45, 2.75) is 19.8 Å². The van der Waals surface area contributed by atoms with E-state index in [0.29, 0.717) is 24.2 Å². The standard InChI is InChI=1S/C8H10O2/c1-6-2-3-8(10)7(4-6)5-9/h4-6H,2-3H2,1H3. The number of ketones is 1. The lowest BCUT2D eigenvalue weighted by atomic mass is 9.92. The number of hydrogen-bond acceptors (Lipinski definition) is 2. The minimum atomic E-state index is -0.00639. The first-order valence-electron chi connectivity index (χ1n) is 3.44. The van der Waals surface area contributed by atoms with Crippen LogP contribution in [0.3, 0.4) is 0 Å². The quantitative estimate of drug-likeness (QED) is 0.402. The van der Waals surface area contributed by atoms with Crippen LogP contribution in [0.5, 0.6) is 0 Å². The maximum Gasteiger partial charge on any atom is 0.165 e. The van der Waals surface area contributed by atoms with E-state index in [-0.39, 0.29) is 5.78 Å². The minimum absolute atomic E-state index is 0.00639. The molecule has 0 aromatic heterocycles. The molecule has 0 aromatic carbocycles.